The van der Waals surface area contributed by atoms with Crippen LogP contribution in [-0.2, 0) is 6.42 Å². The summed E-state index contributed by atoms with van der Waals surface area (Å²) in [4.78, 5) is 0. The van der Waals surface area contributed by atoms with E-state index in [-0.39, 0.29) is 0 Å². The maximum Gasteiger partial charge on any atom is 0.134 e. The van der Waals surface area contributed by atoms with E-state index < -0.39 is 0 Å². The topological polar surface area (TPSA) is 36.9 Å². The minimum absolute atomic E-state index is 0.611. The minimum Gasteiger partial charge on any atom is -0.464 e. The summed E-state index contributed by atoms with van der Waals surface area (Å²) in [5.41, 5.74) is 2.13. The monoisotopic (exact) mass is 185 g/mol. The molecule has 0 saturated carbocycles. The average Bonchev–Trinajstić information content (AvgIpc) is 2.63. The molecular weight excluding hydrogens is 174 g/mol. The number of nitriles is 1. The van der Waals surface area contributed by atoms with E-state index in [0.717, 1.165) is 18.4 Å². The summed E-state index contributed by atoms with van der Waals surface area (Å²) in [6.07, 6.45) is 4.23. The van der Waals surface area contributed by atoms with Crippen molar-refractivity contribution in [1.82, 2.24) is 0 Å². The summed E-state index contributed by atoms with van der Waals surface area (Å²) in [5.74, 6) is 0. The molecule has 14 heavy (non-hydrogen) atoms. The van der Waals surface area contributed by atoms with Crippen LogP contribution in [0.3, 0.4) is 0 Å². The van der Waals surface area contributed by atoms with Crippen LogP contribution in [0.2, 0.25) is 0 Å². The molecule has 0 unspecified atom stereocenters. The molecule has 0 bridgehead atoms. The molecule has 0 aliphatic rings. The zero-order valence-electron chi connectivity index (χ0n) is 7.86. The number of rotatable bonds is 3. The fraction of sp³-hybridized carbons (Fsp3) is 0.250. The fourth-order valence-corrected chi connectivity index (χ4v) is 1.58. The Bertz CT molecular complexity index is 464. The number of aryl methyl sites for hydroxylation is 1. The molecule has 1 heterocycles. The summed E-state index contributed by atoms with van der Waals surface area (Å²) >= 11 is 0. The quantitative estimate of drug-likeness (QED) is 0.688. The van der Waals surface area contributed by atoms with Crippen molar-refractivity contribution < 1.29 is 4.42 Å². The van der Waals surface area contributed by atoms with Crippen molar-refractivity contribution in [3.8, 4) is 6.07 Å². The van der Waals surface area contributed by atoms with Crippen LogP contribution in [0, 0.1) is 11.3 Å². The molecule has 0 aliphatic carbocycles. The van der Waals surface area contributed by atoms with Crippen LogP contribution in [0.15, 0.2) is 34.9 Å². The Kier molecular flexibility index (Phi) is 2.51. The Hall–Kier alpha value is -1.75. The predicted octanol–water partition coefficient (Wildman–Crippen LogP) is 3.28. The van der Waals surface area contributed by atoms with Crippen LogP contribution in [0.4, 0.5) is 0 Å². The van der Waals surface area contributed by atoms with E-state index in [0.29, 0.717) is 6.42 Å². The maximum atomic E-state index is 8.43. The lowest BCUT2D eigenvalue weighted by molar-refractivity contribution is 0.609. The third-order valence-corrected chi connectivity index (χ3v) is 2.30. The first-order valence-electron chi connectivity index (χ1n) is 4.74. The highest BCUT2D eigenvalue weighted by Crippen LogP contribution is 2.21. The number of hydrogen-bond donors (Lipinski definition) is 0. The number of hydrogen-bond acceptors (Lipinski definition) is 2. The van der Waals surface area contributed by atoms with Crippen molar-refractivity contribution in [2.24, 2.45) is 0 Å². The van der Waals surface area contributed by atoms with Gasteiger partial charge in [-0.2, -0.15) is 5.26 Å². The van der Waals surface area contributed by atoms with Crippen molar-refractivity contribution in [3.05, 3.63) is 36.1 Å². The first kappa shape index (κ1) is 8.83. The van der Waals surface area contributed by atoms with Gasteiger partial charge in [0.2, 0.25) is 0 Å². The Morgan fingerprint density at radius 3 is 3.00 bits per heavy atom. The molecule has 2 nitrogen and oxygen atoms in total. The van der Waals surface area contributed by atoms with Crippen molar-refractivity contribution in [3.63, 3.8) is 0 Å². The van der Waals surface area contributed by atoms with Crippen LogP contribution in [0.5, 0.6) is 0 Å². The van der Waals surface area contributed by atoms with E-state index in [9.17, 15) is 0 Å². The number of furan rings is 1. The van der Waals surface area contributed by atoms with E-state index in [4.69, 9.17) is 9.68 Å². The lowest BCUT2D eigenvalue weighted by Crippen LogP contribution is -1.81. The second-order valence-electron chi connectivity index (χ2n) is 3.27. The van der Waals surface area contributed by atoms with Crippen LogP contribution in [0.1, 0.15) is 18.4 Å². The molecule has 0 amide bonds. The Morgan fingerprint density at radius 1 is 1.29 bits per heavy atom. The third kappa shape index (κ3) is 1.62. The third-order valence-electron chi connectivity index (χ3n) is 2.30. The van der Waals surface area contributed by atoms with E-state index in [1.807, 2.05) is 18.2 Å². The summed E-state index contributed by atoms with van der Waals surface area (Å²) in [6, 6.07) is 10.1. The van der Waals surface area contributed by atoms with Gasteiger partial charge in [0.1, 0.15) is 5.58 Å². The van der Waals surface area contributed by atoms with Crippen molar-refractivity contribution in [2.75, 3.05) is 0 Å². The highest BCUT2D eigenvalue weighted by Gasteiger charge is 2.03. The largest absolute Gasteiger partial charge is 0.464 e. The molecule has 0 aliphatic heterocycles. The minimum atomic E-state index is 0.611. The number of unbranched alkanes of at least 4 members (excludes halogenated alkanes) is 1. The van der Waals surface area contributed by atoms with Crippen LogP contribution < -0.4 is 0 Å². The SMILES string of the molecule is N#CCCCc1coc2ccccc12. The zero-order chi connectivity index (χ0) is 9.80. The van der Waals surface area contributed by atoms with Crippen LogP contribution >= 0.6 is 0 Å². The van der Waals surface area contributed by atoms with E-state index >= 15 is 0 Å². The van der Waals surface area contributed by atoms with E-state index in [2.05, 4.69) is 12.1 Å². The second kappa shape index (κ2) is 3.97. The van der Waals surface area contributed by atoms with Gasteiger partial charge in [0.25, 0.3) is 0 Å². The smallest absolute Gasteiger partial charge is 0.134 e. The van der Waals surface area contributed by atoms with Gasteiger partial charge >= 0.3 is 0 Å². The first-order chi connectivity index (χ1) is 6.92. The van der Waals surface area contributed by atoms with E-state index in [1.54, 1.807) is 6.26 Å². The molecular formula is C12H11NO. The summed E-state index contributed by atoms with van der Waals surface area (Å²) in [7, 11) is 0. The number of fused-ring (bicyclic) bond motifs is 1. The van der Waals surface area contributed by atoms with E-state index in [1.165, 1.54) is 10.9 Å². The molecule has 1 aromatic carbocycles. The van der Waals surface area contributed by atoms with Gasteiger partial charge in [-0.05, 0) is 24.5 Å². The summed E-state index contributed by atoms with van der Waals surface area (Å²) in [6.45, 7) is 0. The normalized spacial score (nSPS) is 10.2. The van der Waals surface area contributed by atoms with Gasteiger partial charge in [-0.25, -0.2) is 0 Å². The molecule has 70 valence electrons. The highest BCUT2D eigenvalue weighted by atomic mass is 16.3. The molecule has 0 atom stereocenters. The molecule has 0 radical (unpaired) electrons. The van der Waals surface area contributed by atoms with Gasteiger partial charge in [-0.1, -0.05) is 18.2 Å². The molecule has 1 aromatic heterocycles. The Labute approximate surface area is 82.8 Å². The number of para-hydroxylation sites is 1. The van der Waals surface area contributed by atoms with Gasteiger partial charge < -0.3 is 4.42 Å². The summed E-state index contributed by atoms with van der Waals surface area (Å²) < 4.78 is 5.40. The molecule has 2 rings (SSSR count). The molecule has 2 heteroatoms. The van der Waals surface area contributed by atoms with Gasteiger partial charge in [0, 0.05) is 11.8 Å². The lowest BCUT2D eigenvalue weighted by atomic mass is 10.1. The molecule has 0 saturated heterocycles. The Balaban J connectivity index is 2.22. The van der Waals surface area contributed by atoms with Crippen molar-refractivity contribution in [2.45, 2.75) is 19.3 Å². The summed E-state index contributed by atoms with van der Waals surface area (Å²) in [5, 5.41) is 9.61. The van der Waals surface area contributed by atoms with Crippen LogP contribution in [-0.4, -0.2) is 0 Å². The van der Waals surface area contributed by atoms with Gasteiger partial charge in [0.05, 0.1) is 12.3 Å². The van der Waals surface area contributed by atoms with Crippen molar-refractivity contribution in [1.29, 1.82) is 5.26 Å². The first-order valence-corrected chi connectivity index (χ1v) is 4.74. The standard InChI is InChI=1S/C12H11NO/c13-8-4-3-5-10-9-14-12-7-2-1-6-11(10)12/h1-2,6-7,9H,3-5H2. The number of benzene rings is 1. The zero-order valence-corrected chi connectivity index (χ0v) is 7.86. The van der Waals surface area contributed by atoms with Crippen molar-refractivity contribution >= 4 is 11.0 Å². The average molecular weight is 185 g/mol. The van der Waals surface area contributed by atoms with Gasteiger partial charge in [0.15, 0.2) is 0 Å². The van der Waals surface area contributed by atoms with Crippen LogP contribution in [0.25, 0.3) is 11.0 Å². The molecule has 2 aromatic rings. The molecule has 0 fully saturated rings. The predicted molar refractivity (Wildman–Crippen MR) is 54.8 cm³/mol. The van der Waals surface area contributed by atoms with Gasteiger partial charge in [-0.15, -0.1) is 0 Å². The fourth-order valence-electron chi connectivity index (χ4n) is 1.58. The second-order valence-corrected chi connectivity index (χ2v) is 3.27. The lowest BCUT2D eigenvalue weighted by Gasteiger charge is -1.93. The molecule has 0 N–H and O–H groups in total. The maximum absolute atomic E-state index is 8.43. The Morgan fingerprint density at radius 2 is 2.14 bits per heavy atom. The highest BCUT2D eigenvalue weighted by molar-refractivity contribution is 5.80. The molecule has 0 spiro atoms. The number of nitrogens with zero attached hydrogens (tertiary/aromatic N) is 1. The van der Waals surface area contributed by atoms with Gasteiger partial charge in [-0.3, -0.25) is 0 Å².